The monoisotopic (exact) mass is 549 g/mol. The molecule has 0 radical (unpaired) electrons. The highest BCUT2D eigenvalue weighted by molar-refractivity contribution is 9.10. The number of ether oxygens (including phenoxy) is 1. The largest absolute Gasteiger partial charge is 0.378 e. The standard InChI is InChI=1S/C24H32BrN5O3S/c1-24(2)8-7-20-21(17-24)26-23(29-13-15-33-16-14-29)27-22(20)28-9-11-30(12-10-28)34(31,32)19-5-3-18(25)4-6-19/h3-6H,7-17H2,1-2H3. The number of benzene rings is 1. The second kappa shape index (κ2) is 9.37. The number of piperazine rings is 1. The summed E-state index contributed by atoms with van der Waals surface area (Å²) in [6, 6.07) is 6.85. The fourth-order valence-electron chi connectivity index (χ4n) is 4.97. The fourth-order valence-corrected chi connectivity index (χ4v) is 6.66. The van der Waals surface area contributed by atoms with Gasteiger partial charge in [-0.25, -0.2) is 13.4 Å². The summed E-state index contributed by atoms with van der Waals surface area (Å²) in [5.74, 6) is 1.77. The lowest BCUT2D eigenvalue weighted by Crippen LogP contribution is -2.49. The molecular weight excluding hydrogens is 518 g/mol. The van der Waals surface area contributed by atoms with E-state index in [4.69, 9.17) is 14.7 Å². The minimum absolute atomic E-state index is 0.221. The molecule has 184 valence electrons. The van der Waals surface area contributed by atoms with E-state index in [0.717, 1.165) is 54.3 Å². The van der Waals surface area contributed by atoms with E-state index in [1.54, 1.807) is 28.6 Å². The van der Waals surface area contributed by atoms with E-state index < -0.39 is 10.0 Å². The number of rotatable bonds is 4. The van der Waals surface area contributed by atoms with Gasteiger partial charge in [0, 0.05) is 49.3 Å². The number of nitrogens with zero attached hydrogens (tertiary/aromatic N) is 5. The third-order valence-corrected chi connectivity index (χ3v) is 9.48. The fraction of sp³-hybridized carbons (Fsp3) is 0.583. The van der Waals surface area contributed by atoms with Crippen LogP contribution in [0.3, 0.4) is 0 Å². The van der Waals surface area contributed by atoms with Gasteiger partial charge < -0.3 is 14.5 Å². The highest BCUT2D eigenvalue weighted by Crippen LogP contribution is 2.38. The summed E-state index contributed by atoms with van der Waals surface area (Å²) in [5, 5.41) is 0. The Kier molecular flexibility index (Phi) is 6.60. The van der Waals surface area contributed by atoms with Gasteiger partial charge in [-0.15, -0.1) is 0 Å². The summed E-state index contributed by atoms with van der Waals surface area (Å²) in [7, 11) is -3.51. The zero-order chi connectivity index (χ0) is 23.9. The van der Waals surface area contributed by atoms with E-state index in [-0.39, 0.29) is 5.41 Å². The Bertz CT molecular complexity index is 1140. The van der Waals surface area contributed by atoms with Gasteiger partial charge >= 0.3 is 0 Å². The maximum atomic E-state index is 13.2. The second-order valence-corrected chi connectivity index (χ2v) is 12.9. The van der Waals surface area contributed by atoms with E-state index in [1.165, 1.54) is 5.56 Å². The smallest absolute Gasteiger partial charge is 0.243 e. The van der Waals surface area contributed by atoms with Gasteiger partial charge in [0.15, 0.2) is 0 Å². The normalized spacial score (nSPS) is 21.4. The molecule has 3 heterocycles. The maximum absolute atomic E-state index is 13.2. The molecule has 2 aliphatic heterocycles. The molecule has 2 aromatic rings. The topological polar surface area (TPSA) is 78.9 Å². The van der Waals surface area contributed by atoms with Gasteiger partial charge in [0.05, 0.1) is 23.8 Å². The first-order valence-electron chi connectivity index (χ1n) is 12.0. The molecule has 1 aliphatic carbocycles. The molecule has 5 rings (SSSR count). The molecule has 2 saturated heterocycles. The summed E-state index contributed by atoms with van der Waals surface area (Å²) in [5.41, 5.74) is 2.60. The van der Waals surface area contributed by atoms with Crippen molar-refractivity contribution < 1.29 is 13.2 Å². The number of hydrogen-bond acceptors (Lipinski definition) is 7. The molecule has 0 saturated carbocycles. The van der Waals surface area contributed by atoms with E-state index in [0.29, 0.717) is 44.3 Å². The first kappa shape index (κ1) is 24.0. The molecule has 0 unspecified atom stereocenters. The van der Waals surface area contributed by atoms with E-state index in [9.17, 15) is 8.42 Å². The van der Waals surface area contributed by atoms with Crippen LogP contribution in [-0.4, -0.2) is 75.2 Å². The molecule has 1 aromatic carbocycles. The van der Waals surface area contributed by atoms with Crippen LogP contribution in [0.4, 0.5) is 11.8 Å². The van der Waals surface area contributed by atoms with Crippen molar-refractivity contribution in [3.63, 3.8) is 0 Å². The van der Waals surface area contributed by atoms with E-state index >= 15 is 0 Å². The summed E-state index contributed by atoms with van der Waals surface area (Å²) >= 11 is 3.38. The van der Waals surface area contributed by atoms with E-state index in [1.807, 2.05) is 0 Å². The van der Waals surface area contributed by atoms with Crippen molar-refractivity contribution in [1.29, 1.82) is 0 Å². The molecule has 2 fully saturated rings. The zero-order valence-corrected chi connectivity index (χ0v) is 22.2. The Morgan fingerprint density at radius 1 is 0.941 bits per heavy atom. The molecule has 0 bridgehead atoms. The predicted octanol–water partition coefficient (Wildman–Crippen LogP) is 3.10. The third kappa shape index (κ3) is 4.82. The Labute approximate surface area is 210 Å². The summed E-state index contributed by atoms with van der Waals surface area (Å²) in [4.78, 5) is 14.9. The van der Waals surface area contributed by atoms with Gasteiger partial charge in [-0.3, -0.25) is 0 Å². The molecule has 8 nitrogen and oxygen atoms in total. The summed E-state index contributed by atoms with van der Waals surface area (Å²) in [6.07, 6.45) is 3.00. The molecule has 10 heteroatoms. The lowest BCUT2D eigenvalue weighted by molar-refractivity contribution is 0.122. The van der Waals surface area contributed by atoms with Crippen molar-refractivity contribution in [1.82, 2.24) is 14.3 Å². The quantitative estimate of drug-likeness (QED) is 0.579. The first-order valence-corrected chi connectivity index (χ1v) is 14.2. The molecule has 34 heavy (non-hydrogen) atoms. The Morgan fingerprint density at radius 2 is 1.62 bits per heavy atom. The number of aromatic nitrogens is 2. The van der Waals surface area contributed by atoms with Crippen LogP contribution in [0.1, 0.15) is 31.5 Å². The van der Waals surface area contributed by atoms with E-state index in [2.05, 4.69) is 39.6 Å². The average molecular weight is 551 g/mol. The molecular formula is C24H32BrN5O3S. The average Bonchev–Trinajstić information content (AvgIpc) is 2.83. The molecule has 0 spiro atoms. The molecule has 3 aliphatic rings. The molecule has 0 N–H and O–H groups in total. The van der Waals surface area contributed by atoms with Crippen molar-refractivity contribution in [2.45, 2.75) is 38.0 Å². The van der Waals surface area contributed by atoms with Crippen molar-refractivity contribution in [2.75, 3.05) is 62.3 Å². The van der Waals surface area contributed by atoms with Crippen molar-refractivity contribution >= 4 is 37.7 Å². The Balaban J connectivity index is 1.40. The van der Waals surface area contributed by atoms with Crippen LogP contribution in [0, 0.1) is 5.41 Å². The van der Waals surface area contributed by atoms with Gasteiger partial charge in [0.2, 0.25) is 16.0 Å². The second-order valence-electron chi connectivity index (χ2n) is 10.1. The van der Waals surface area contributed by atoms with Gasteiger partial charge in [0.25, 0.3) is 0 Å². The molecule has 1 aromatic heterocycles. The van der Waals surface area contributed by atoms with Crippen molar-refractivity contribution in [3.05, 3.63) is 40.0 Å². The number of anilines is 2. The van der Waals surface area contributed by atoms with Crippen molar-refractivity contribution in [3.8, 4) is 0 Å². The highest BCUT2D eigenvalue weighted by Gasteiger charge is 2.34. The number of sulfonamides is 1. The number of halogens is 1. The van der Waals surface area contributed by atoms with Crippen LogP contribution in [0.15, 0.2) is 33.6 Å². The van der Waals surface area contributed by atoms with Crippen LogP contribution < -0.4 is 9.80 Å². The third-order valence-electron chi connectivity index (χ3n) is 7.04. The Morgan fingerprint density at radius 3 is 2.29 bits per heavy atom. The van der Waals surface area contributed by atoms with Crippen LogP contribution in [0.5, 0.6) is 0 Å². The number of fused-ring (bicyclic) bond motifs is 1. The predicted molar refractivity (Wildman–Crippen MR) is 136 cm³/mol. The van der Waals surface area contributed by atoms with Crippen LogP contribution in [0.2, 0.25) is 0 Å². The Hall–Kier alpha value is -1.75. The molecule has 0 amide bonds. The van der Waals surface area contributed by atoms with Crippen LogP contribution in [0.25, 0.3) is 0 Å². The number of hydrogen-bond donors (Lipinski definition) is 0. The SMILES string of the molecule is CC1(C)CCc2c(nc(N3CCOCC3)nc2N2CCN(S(=O)(=O)c3ccc(Br)cc3)CC2)C1. The van der Waals surface area contributed by atoms with Gasteiger partial charge in [-0.05, 0) is 48.9 Å². The minimum atomic E-state index is -3.51. The highest BCUT2D eigenvalue weighted by atomic mass is 79.9. The maximum Gasteiger partial charge on any atom is 0.243 e. The summed E-state index contributed by atoms with van der Waals surface area (Å²) < 4.78 is 34.3. The first-order chi connectivity index (χ1) is 16.2. The minimum Gasteiger partial charge on any atom is -0.378 e. The lowest BCUT2D eigenvalue weighted by Gasteiger charge is -2.39. The van der Waals surface area contributed by atoms with Gasteiger partial charge in [0.1, 0.15) is 5.82 Å². The van der Waals surface area contributed by atoms with Crippen LogP contribution >= 0.6 is 15.9 Å². The van der Waals surface area contributed by atoms with Crippen LogP contribution in [-0.2, 0) is 27.6 Å². The number of morpholine rings is 1. The van der Waals surface area contributed by atoms with Gasteiger partial charge in [-0.2, -0.15) is 9.29 Å². The summed E-state index contributed by atoms with van der Waals surface area (Å²) in [6.45, 7) is 9.68. The van der Waals surface area contributed by atoms with Gasteiger partial charge in [-0.1, -0.05) is 29.8 Å². The lowest BCUT2D eigenvalue weighted by atomic mass is 9.76. The zero-order valence-electron chi connectivity index (χ0n) is 19.8. The van der Waals surface area contributed by atoms with Crippen molar-refractivity contribution in [2.24, 2.45) is 5.41 Å². The molecule has 0 atom stereocenters.